The predicted molar refractivity (Wildman–Crippen MR) is 75.8 cm³/mol. The van der Waals surface area contributed by atoms with Crippen molar-refractivity contribution in [3.8, 4) is 0 Å². The lowest BCUT2D eigenvalue weighted by Gasteiger charge is -2.04. The van der Waals surface area contributed by atoms with Gasteiger partial charge in [-0.3, -0.25) is 0 Å². The minimum atomic E-state index is -0.485. The van der Waals surface area contributed by atoms with Gasteiger partial charge in [-0.2, -0.15) is 0 Å². The lowest BCUT2D eigenvalue weighted by Crippen LogP contribution is -1.92. The maximum absolute atomic E-state index is 10.2. The van der Waals surface area contributed by atoms with Gasteiger partial charge in [-0.1, -0.05) is 0 Å². The van der Waals surface area contributed by atoms with Gasteiger partial charge >= 0.3 is 0 Å². The average Bonchev–Trinajstić information content (AvgIpc) is 2.89. The number of hydrogen-bond acceptors (Lipinski definition) is 4. The SMILES string of the molecule is OC(c1ccc(Br)s1)c1cc2sccc2s1. The van der Waals surface area contributed by atoms with Gasteiger partial charge in [-0.15, -0.1) is 34.0 Å². The third kappa shape index (κ3) is 1.87. The second-order valence-corrected chi connectivity index (χ2v) is 7.90. The van der Waals surface area contributed by atoms with Crippen LogP contribution in [0.25, 0.3) is 9.40 Å². The van der Waals surface area contributed by atoms with Crippen LogP contribution in [-0.4, -0.2) is 5.11 Å². The summed E-state index contributed by atoms with van der Waals surface area (Å²) in [5.41, 5.74) is 0. The van der Waals surface area contributed by atoms with Gasteiger partial charge in [0.2, 0.25) is 0 Å². The molecule has 3 rings (SSSR count). The Morgan fingerprint density at radius 2 is 1.94 bits per heavy atom. The molecule has 3 heterocycles. The summed E-state index contributed by atoms with van der Waals surface area (Å²) >= 11 is 8.38. The highest BCUT2D eigenvalue weighted by molar-refractivity contribution is 9.11. The fourth-order valence-corrected chi connectivity index (χ4v) is 5.16. The van der Waals surface area contributed by atoms with E-state index in [2.05, 4.69) is 33.4 Å². The van der Waals surface area contributed by atoms with Gasteiger partial charge in [0.25, 0.3) is 0 Å². The van der Waals surface area contributed by atoms with Crippen molar-refractivity contribution in [2.24, 2.45) is 0 Å². The fourth-order valence-electron chi connectivity index (χ4n) is 1.53. The van der Waals surface area contributed by atoms with Crippen molar-refractivity contribution < 1.29 is 5.11 Å². The minimum absolute atomic E-state index is 0.485. The van der Waals surface area contributed by atoms with Crippen LogP contribution < -0.4 is 0 Å². The largest absolute Gasteiger partial charge is 0.382 e. The third-order valence-corrected chi connectivity index (χ3v) is 6.11. The number of fused-ring (bicyclic) bond motifs is 1. The van der Waals surface area contributed by atoms with Crippen molar-refractivity contribution in [3.63, 3.8) is 0 Å². The van der Waals surface area contributed by atoms with E-state index in [9.17, 15) is 5.11 Å². The van der Waals surface area contributed by atoms with Crippen LogP contribution >= 0.6 is 49.9 Å². The Morgan fingerprint density at radius 3 is 2.62 bits per heavy atom. The lowest BCUT2D eigenvalue weighted by molar-refractivity contribution is 0.228. The number of rotatable bonds is 2. The molecule has 0 amide bonds. The number of aliphatic hydroxyl groups excluding tert-OH is 1. The van der Waals surface area contributed by atoms with Gasteiger partial charge in [0.15, 0.2) is 0 Å². The van der Waals surface area contributed by atoms with Gasteiger partial charge in [-0.05, 0) is 45.6 Å². The molecule has 0 saturated heterocycles. The maximum atomic E-state index is 10.2. The zero-order valence-electron chi connectivity index (χ0n) is 8.01. The molecule has 0 radical (unpaired) electrons. The highest BCUT2D eigenvalue weighted by Gasteiger charge is 2.15. The van der Waals surface area contributed by atoms with Gasteiger partial charge in [-0.25, -0.2) is 0 Å². The number of hydrogen-bond donors (Lipinski definition) is 1. The van der Waals surface area contributed by atoms with Crippen LogP contribution in [0.4, 0.5) is 0 Å². The Balaban J connectivity index is 2.00. The molecule has 82 valence electrons. The second-order valence-electron chi connectivity index (χ2n) is 3.34. The first-order valence-corrected chi connectivity index (χ1v) is 7.95. The van der Waals surface area contributed by atoms with Crippen molar-refractivity contribution in [1.29, 1.82) is 0 Å². The van der Waals surface area contributed by atoms with Crippen LogP contribution in [0.1, 0.15) is 15.9 Å². The summed E-state index contributed by atoms with van der Waals surface area (Å²) in [4.78, 5) is 2.01. The number of aliphatic hydroxyl groups is 1. The van der Waals surface area contributed by atoms with Gasteiger partial charge in [0.05, 0.1) is 3.79 Å². The van der Waals surface area contributed by atoms with Gasteiger partial charge < -0.3 is 5.11 Å². The van der Waals surface area contributed by atoms with Crippen LogP contribution in [0.5, 0.6) is 0 Å². The summed E-state index contributed by atoms with van der Waals surface area (Å²) in [7, 11) is 0. The normalized spacial score (nSPS) is 13.4. The van der Waals surface area contributed by atoms with Crippen LogP contribution in [0.15, 0.2) is 33.4 Å². The summed E-state index contributed by atoms with van der Waals surface area (Å²) in [5.74, 6) is 0. The fraction of sp³-hybridized carbons (Fsp3) is 0.0909. The van der Waals surface area contributed by atoms with Gasteiger partial charge in [0.1, 0.15) is 6.10 Å². The Labute approximate surface area is 113 Å². The molecule has 5 heteroatoms. The molecular formula is C11H7BrOS3. The van der Waals surface area contributed by atoms with Crippen LogP contribution in [0, 0.1) is 0 Å². The van der Waals surface area contributed by atoms with Crippen molar-refractivity contribution >= 4 is 59.3 Å². The first-order valence-electron chi connectivity index (χ1n) is 4.64. The van der Waals surface area contributed by atoms with Crippen molar-refractivity contribution in [3.05, 3.63) is 43.2 Å². The minimum Gasteiger partial charge on any atom is -0.382 e. The molecule has 1 nitrogen and oxygen atoms in total. The van der Waals surface area contributed by atoms with E-state index in [-0.39, 0.29) is 0 Å². The zero-order valence-corrected chi connectivity index (χ0v) is 12.0. The van der Waals surface area contributed by atoms with E-state index in [0.29, 0.717) is 0 Å². The molecule has 0 aromatic carbocycles. The molecule has 3 aromatic rings. The second kappa shape index (κ2) is 4.23. The molecule has 0 aliphatic rings. The van der Waals surface area contributed by atoms with Crippen LogP contribution in [-0.2, 0) is 0 Å². The molecule has 1 unspecified atom stereocenters. The van der Waals surface area contributed by atoms with Crippen LogP contribution in [0.3, 0.4) is 0 Å². The van der Waals surface area contributed by atoms with Crippen molar-refractivity contribution in [1.82, 2.24) is 0 Å². The standard InChI is InChI=1S/C11H7BrOS3/c12-10-2-1-7(16-10)11(13)9-5-8-6(15-9)3-4-14-8/h1-5,11,13H. The molecular weight excluding hydrogens is 324 g/mol. The van der Waals surface area contributed by atoms with Gasteiger partial charge in [0, 0.05) is 19.2 Å². The van der Waals surface area contributed by atoms with Crippen molar-refractivity contribution in [2.75, 3.05) is 0 Å². The molecule has 0 spiro atoms. The Kier molecular flexibility index (Phi) is 2.89. The summed E-state index contributed by atoms with van der Waals surface area (Å²) < 4.78 is 3.57. The Morgan fingerprint density at radius 1 is 1.06 bits per heavy atom. The van der Waals surface area contributed by atoms with E-state index >= 15 is 0 Å². The summed E-state index contributed by atoms with van der Waals surface area (Å²) in [6.45, 7) is 0. The number of halogens is 1. The molecule has 0 aliphatic carbocycles. The van der Waals surface area contributed by atoms with E-state index in [1.807, 2.05) is 12.1 Å². The maximum Gasteiger partial charge on any atom is 0.122 e. The molecule has 1 atom stereocenters. The van der Waals surface area contributed by atoms with E-state index in [1.54, 1.807) is 34.0 Å². The summed E-state index contributed by atoms with van der Waals surface area (Å²) in [6, 6.07) is 8.13. The molecule has 0 saturated carbocycles. The van der Waals surface area contributed by atoms with Crippen LogP contribution in [0.2, 0.25) is 0 Å². The van der Waals surface area contributed by atoms with E-state index in [1.165, 1.54) is 9.40 Å². The average molecular weight is 331 g/mol. The molecule has 0 fully saturated rings. The van der Waals surface area contributed by atoms with Crippen molar-refractivity contribution in [2.45, 2.75) is 6.10 Å². The molecule has 0 bridgehead atoms. The zero-order chi connectivity index (χ0) is 11.1. The molecule has 3 aromatic heterocycles. The molecule has 0 aliphatic heterocycles. The first kappa shape index (κ1) is 10.9. The van der Waals surface area contributed by atoms with E-state index < -0.39 is 6.10 Å². The lowest BCUT2D eigenvalue weighted by atomic mass is 10.2. The Bertz CT molecular complexity index is 593. The van der Waals surface area contributed by atoms with E-state index in [0.717, 1.165) is 13.5 Å². The topological polar surface area (TPSA) is 20.2 Å². The summed E-state index contributed by atoms with van der Waals surface area (Å²) in [5, 5.41) is 12.3. The highest BCUT2D eigenvalue weighted by Crippen LogP contribution is 2.38. The first-order chi connectivity index (χ1) is 7.74. The summed E-state index contributed by atoms with van der Waals surface area (Å²) in [6.07, 6.45) is -0.485. The number of thiophene rings is 3. The predicted octanol–water partition coefficient (Wildman–Crippen LogP) is 4.87. The monoisotopic (exact) mass is 330 g/mol. The Hall–Kier alpha value is -0.200. The quantitative estimate of drug-likeness (QED) is 0.710. The highest BCUT2D eigenvalue weighted by atomic mass is 79.9. The smallest absolute Gasteiger partial charge is 0.122 e. The third-order valence-electron chi connectivity index (χ3n) is 2.29. The molecule has 1 N–H and O–H groups in total. The van der Waals surface area contributed by atoms with E-state index in [4.69, 9.17) is 0 Å². The molecule has 16 heavy (non-hydrogen) atoms.